The van der Waals surface area contributed by atoms with Crippen LogP contribution in [0.15, 0.2) is 28.2 Å². The molecule has 0 radical (unpaired) electrons. The number of fused-ring (bicyclic) bond motifs is 1. The molecule has 1 aliphatic rings. The first kappa shape index (κ1) is 21.6. The average molecular weight is 439 g/mol. The second-order valence-corrected chi connectivity index (χ2v) is 8.46. The summed E-state index contributed by atoms with van der Waals surface area (Å²) in [5, 5.41) is 5.47. The second kappa shape index (κ2) is 9.60. The van der Waals surface area contributed by atoms with Crippen LogP contribution in [-0.4, -0.2) is 46.0 Å². The number of amides is 3. The summed E-state index contributed by atoms with van der Waals surface area (Å²) < 4.78 is 7.23. The minimum Gasteiger partial charge on any atom is -0.376 e. The Bertz CT molecular complexity index is 975. The summed E-state index contributed by atoms with van der Waals surface area (Å²) in [5.74, 6) is -0.468. The van der Waals surface area contributed by atoms with Gasteiger partial charge >= 0.3 is 6.03 Å². The molecule has 2 unspecified atom stereocenters. The van der Waals surface area contributed by atoms with Gasteiger partial charge < -0.3 is 10.1 Å². The van der Waals surface area contributed by atoms with Gasteiger partial charge in [0.25, 0.3) is 5.56 Å². The molecule has 1 aliphatic heterocycles. The standard InChI is InChI=1S/C19H23ClN4O4S/c1-3-21-18(27)23-16(25)11(2)29-19-22-15-9-12(20)6-7-14(15)17(26)24(19)10-13-5-4-8-28-13/h6-7,9,11,13H,3-5,8,10H2,1-2H3,(H2,21,23,25,27). The number of imide groups is 1. The summed E-state index contributed by atoms with van der Waals surface area (Å²) in [6.07, 6.45) is 1.74. The van der Waals surface area contributed by atoms with E-state index in [0.29, 0.717) is 40.8 Å². The number of ether oxygens (including phenoxy) is 1. The lowest BCUT2D eigenvalue weighted by Gasteiger charge is -2.18. The zero-order chi connectivity index (χ0) is 21.0. The molecule has 0 saturated carbocycles. The number of aromatic nitrogens is 2. The zero-order valence-corrected chi connectivity index (χ0v) is 17.8. The minimum atomic E-state index is -0.642. The molecule has 156 valence electrons. The predicted molar refractivity (Wildman–Crippen MR) is 113 cm³/mol. The second-order valence-electron chi connectivity index (χ2n) is 6.72. The number of carbonyl (C=O) groups is 2. The van der Waals surface area contributed by atoms with Crippen LogP contribution < -0.4 is 16.2 Å². The molecule has 1 aromatic heterocycles. The predicted octanol–water partition coefficient (Wildman–Crippen LogP) is 2.56. The number of nitrogens with one attached hydrogen (secondary N) is 2. The maximum atomic E-state index is 13.1. The number of halogens is 1. The van der Waals surface area contributed by atoms with Crippen LogP contribution in [0.3, 0.4) is 0 Å². The van der Waals surface area contributed by atoms with Crippen LogP contribution in [0, 0.1) is 0 Å². The number of hydrogen-bond donors (Lipinski definition) is 2. The monoisotopic (exact) mass is 438 g/mol. The summed E-state index contributed by atoms with van der Waals surface area (Å²) in [5.41, 5.74) is 0.255. The summed E-state index contributed by atoms with van der Waals surface area (Å²) in [4.78, 5) is 41.6. The number of urea groups is 1. The van der Waals surface area contributed by atoms with Crippen molar-refractivity contribution in [2.45, 2.75) is 49.7 Å². The van der Waals surface area contributed by atoms with Crippen LogP contribution in [-0.2, 0) is 16.1 Å². The van der Waals surface area contributed by atoms with Crippen molar-refractivity contribution in [3.8, 4) is 0 Å². The van der Waals surface area contributed by atoms with Crippen molar-refractivity contribution in [3.63, 3.8) is 0 Å². The van der Waals surface area contributed by atoms with E-state index in [1.54, 1.807) is 36.6 Å². The van der Waals surface area contributed by atoms with E-state index in [1.807, 2.05) is 0 Å². The van der Waals surface area contributed by atoms with E-state index in [-0.39, 0.29) is 11.7 Å². The molecule has 2 N–H and O–H groups in total. The summed E-state index contributed by atoms with van der Waals surface area (Å²) in [7, 11) is 0. The van der Waals surface area contributed by atoms with E-state index in [0.717, 1.165) is 24.6 Å². The van der Waals surface area contributed by atoms with Crippen LogP contribution >= 0.6 is 23.4 Å². The van der Waals surface area contributed by atoms with Crippen molar-refractivity contribution in [1.29, 1.82) is 0 Å². The summed E-state index contributed by atoms with van der Waals surface area (Å²) in [6, 6.07) is 4.37. The lowest BCUT2D eigenvalue weighted by atomic mass is 10.2. The molecule has 0 aliphatic carbocycles. The number of nitrogens with zero attached hydrogens (tertiary/aromatic N) is 2. The zero-order valence-electron chi connectivity index (χ0n) is 16.2. The van der Waals surface area contributed by atoms with E-state index in [1.165, 1.54) is 0 Å². The highest BCUT2D eigenvalue weighted by atomic mass is 35.5. The first-order valence-electron chi connectivity index (χ1n) is 9.46. The Hall–Kier alpha value is -2.10. The fourth-order valence-electron chi connectivity index (χ4n) is 3.05. The summed E-state index contributed by atoms with van der Waals surface area (Å²) >= 11 is 7.18. The quantitative estimate of drug-likeness (QED) is 0.530. The molecule has 1 saturated heterocycles. The smallest absolute Gasteiger partial charge is 0.321 e. The molecule has 2 aromatic rings. The lowest BCUT2D eigenvalue weighted by Crippen LogP contribution is -2.42. The van der Waals surface area contributed by atoms with Gasteiger partial charge in [0, 0.05) is 18.2 Å². The lowest BCUT2D eigenvalue weighted by molar-refractivity contribution is -0.119. The maximum Gasteiger partial charge on any atom is 0.321 e. The first-order valence-corrected chi connectivity index (χ1v) is 10.7. The van der Waals surface area contributed by atoms with Gasteiger partial charge in [-0.2, -0.15) is 0 Å². The Morgan fingerprint density at radius 2 is 2.24 bits per heavy atom. The Labute approximate surface area is 177 Å². The van der Waals surface area contributed by atoms with Crippen LogP contribution in [0.2, 0.25) is 5.02 Å². The third-order valence-electron chi connectivity index (χ3n) is 4.52. The fraction of sp³-hybridized carbons (Fsp3) is 0.474. The van der Waals surface area contributed by atoms with Crippen LogP contribution in [0.1, 0.15) is 26.7 Å². The van der Waals surface area contributed by atoms with E-state index < -0.39 is 17.2 Å². The highest BCUT2D eigenvalue weighted by Crippen LogP contribution is 2.25. The van der Waals surface area contributed by atoms with Gasteiger partial charge in [0.1, 0.15) is 0 Å². The number of rotatable bonds is 6. The molecule has 2 heterocycles. The average Bonchev–Trinajstić information content (AvgIpc) is 3.18. The SMILES string of the molecule is CCNC(=O)NC(=O)C(C)Sc1nc2cc(Cl)ccc2c(=O)n1CC1CCCO1. The molecular weight excluding hydrogens is 416 g/mol. The molecule has 2 atom stereocenters. The van der Waals surface area contributed by atoms with E-state index in [9.17, 15) is 14.4 Å². The van der Waals surface area contributed by atoms with Gasteiger partial charge in [-0.05, 0) is 44.9 Å². The van der Waals surface area contributed by atoms with Crippen molar-refractivity contribution in [2.75, 3.05) is 13.2 Å². The number of thioether (sulfide) groups is 1. The molecule has 0 spiro atoms. The van der Waals surface area contributed by atoms with E-state index in [4.69, 9.17) is 16.3 Å². The van der Waals surface area contributed by atoms with Gasteiger partial charge in [-0.3, -0.25) is 19.5 Å². The molecular formula is C19H23ClN4O4S. The van der Waals surface area contributed by atoms with Gasteiger partial charge in [-0.1, -0.05) is 23.4 Å². The Morgan fingerprint density at radius 1 is 1.45 bits per heavy atom. The van der Waals surface area contributed by atoms with Gasteiger partial charge in [0.15, 0.2) is 5.16 Å². The van der Waals surface area contributed by atoms with Gasteiger partial charge in [0.2, 0.25) is 5.91 Å². The number of hydrogen-bond acceptors (Lipinski definition) is 6. The molecule has 10 heteroatoms. The normalized spacial score (nSPS) is 17.3. The molecule has 3 amide bonds. The molecule has 1 fully saturated rings. The highest BCUT2D eigenvalue weighted by molar-refractivity contribution is 8.00. The number of benzene rings is 1. The first-order chi connectivity index (χ1) is 13.9. The molecule has 0 bridgehead atoms. The van der Waals surface area contributed by atoms with Crippen molar-refractivity contribution in [2.24, 2.45) is 0 Å². The van der Waals surface area contributed by atoms with E-state index in [2.05, 4.69) is 15.6 Å². The Balaban J connectivity index is 1.92. The summed E-state index contributed by atoms with van der Waals surface area (Å²) in [6.45, 7) is 4.86. The van der Waals surface area contributed by atoms with Crippen LogP contribution in [0.5, 0.6) is 0 Å². The van der Waals surface area contributed by atoms with Crippen molar-refractivity contribution >= 4 is 46.2 Å². The minimum absolute atomic E-state index is 0.0712. The van der Waals surface area contributed by atoms with Crippen molar-refractivity contribution in [1.82, 2.24) is 20.2 Å². The number of carbonyl (C=O) groups excluding carboxylic acids is 2. The van der Waals surface area contributed by atoms with Gasteiger partial charge in [0.05, 0.1) is 28.8 Å². The maximum absolute atomic E-state index is 13.1. The molecule has 1 aromatic carbocycles. The van der Waals surface area contributed by atoms with Crippen LogP contribution in [0.25, 0.3) is 10.9 Å². The third kappa shape index (κ3) is 5.29. The topological polar surface area (TPSA) is 102 Å². The van der Waals surface area contributed by atoms with Gasteiger partial charge in [-0.25, -0.2) is 9.78 Å². The van der Waals surface area contributed by atoms with Crippen LogP contribution in [0.4, 0.5) is 4.79 Å². The van der Waals surface area contributed by atoms with Gasteiger partial charge in [-0.15, -0.1) is 0 Å². The van der Waals surface area contributed by atoms with E-state index >= 15 is 0 Å². The fourth-order valence-corrected chi connectivity index (χ4v) is 4.13. The Morgan fingerprint density at radius 3 is 2.93 bits per heavy atom. The molecule has 8 nitrogen and oxygen atoms in total. The Kier molecular flexibility index (Phi) is 7.15. The third-order valence-corrected chi connectivity index (χ3v) is 5.84. The molecule has 3 rings (SSSR count). The van der Waals surface area contributed by atoms with Crippen molar-refractivity contribution < 1.29 is 14.3 Å². The largest absolute Gasteiger partial charge is 0.376 e. The highest BCUT2D eigenvalue weighted by Gasteiger charge is 2.24. The van der Waals surface area contributed by atoms with Crippen molar-refractivity contribution in [3.05, 3.63) is 33.6 Å². The molecule has 29 heavy (non-hydrogen) atoms.